The summed E-state index contributed by atoms with van der Waals surface area (Å²) >= 11 is 13.4. The van der Waals surface area contributed by atoms with Crippen LogP contribution in [0.4, 0.5) is 5.69 Å². The minimum absolute atomic E-state index is 0.0276. The van der Waals surface area contributed by atoms with Crippen molar-refractivity contribution in [1.82, 2.24) is 0 Å². The molecule has 1 aliphatic heterocycles. The van der Waals surface area contributed by atoms with Crippen LogP contribution < -0.4 is 5.32 Å². The predicted molar refractivity (Wildman–Crippen MR) is 74.0 cm³/mol. The van der Waals surface area contributed by atoms with E-state index in [1.165, 1.54) is 0 Å². The topological polar surface area (TPSA) is 46.2 Å². The van der Waals surface area contributed by atoms with Crippen LogP contribution in [0.1, 0.15) is 15.9 Å². The number of hydrogen-bond donors (Lipinski definition) is 1. The third-order valence-corrected chi connectivity index (χ3v) is 2.42. The van der Waals surface area contributed by atoms with E-state index in [9.17, 15) is 9.59 Å². The lowest BCUT2D eigenvalue weighted by Crippen LogP contribution is -2.03. The largest absolute Gasteiger partial charge is 0.326 e. The molecule has 0 saturated carbocycles. The normalized spacial score (nSPS) is 11.7. The first-order chi connectivity index (χ1) is 8.12. The number of halogens is 1. The molecule has 2 rings (SSSR count). The van der Waals surface area contributed by atoms with Crippen LogP contribution in [0.25, 0.3) is 0 Å². The second-order valence-corrected chi connectivity index (χ2v) is 4.17. The van der Waals surface area contributed by atoms with Crippen LogP contribution in [-0.2, 0) is 11.2 Å². The van der Waals surface area contributed by atoms with Crippen molar-refractivity contribution in [2.45, 2.75) is 6.42 Å². The molecule has 1 amide bonds. The van der Waals surface area contributed by atoms with Gasteiger partial charge in [-0.2, -0.15) is 0 Å². The highest BCUT2D eigenvalue weighted by atomic mass is 35.5. The molecule has 0 aliphatic carbocycles. The Morgan fingerprint density at radius 3 is 2.71 bits per heavy atom. The summed E-state index contributed by atoms with van der Waals surface area (Å²) in [7, 11) is 0. The number of ketones is 1. The van der Waals surface area contributed by atoms with Gasteiger partial charge in [-0.25, -0.2) is 0 Å². The highest BCUT2D eigenvalue weighted by Crippen LogP contribution is 2.23. The monoisotopic (exact) mass is 285 g/mol. The summed E-state index contributed by atoms with van der Waals surface area (Å²) in [6.45, 7) is 0. The Labute approximate surface area is 114 Å². The minimum Gasteiger partial charge on any atom is -0.326 e. The van der Waals surface area contributed by atoms with E-state index in [-0.39, 0.29) is 17.6 Å². The Morgan fingerprint density at radius 1 is 1.47 bits per heavy atom. The first-order valence-electron chi connectivity index (χ1n) is 4.63. The second kappa shape index (κ2) is 6.57. The maximum atomic E-state index is 11.3. The Kier molecular flexibility index (Phi) is 5.38. The average molecular weight is 286 g/mol. The summed E-state index contributed by atoms with van der Waals surface area (Å²) in [5.41, 5.74) is 2.22. The van der Waals surface area contributed by atoms with Gasteiger partial charge in [0.1, 0.15) is 0 Å². The molecule has 0 saturated heterocycles. The number of fused-ring (bicyclic) bond motifs is 1. The number of amides is 1. The molecule has 1 heterocycles. The number of benzene rings is 1. The lowest BCUT2D eigenvalue weighted by molar-refractivity contribution is -0.115. The first kappa shape index (κ1) is 13.9. The number of hydrogen-bond acceptors (Lipinski definition) is 4. The van der Waals surface area contributed by atoms with Gasteiger partial charge in [0.15, 0.2) is 5.78 Å². The molecule has 0 aromatic heterocycles. The SMILES string of the molecule is O=C1Cc2cc(C(=O)CCl)ccc2N1.S=C=S. The van der Waals surface area contributed by atoms with E-state index in [4.69, 9.17) is 11.6 Å². The Hall–Kier alpha value is -1.13. The summed E-state index contributed by atoms with van der Waals surface area (Å²) in [5.74, 6) is -0.176. The number of carbonyl (C=O) groups excluding carboxylic acids is 2. The zero-order chi connectivity index (χ0) is 12.8. The van der Waals surface area contributed by atoms with E-state index < -0.39 is 0 Å². The zero-order valence-electron chi connectivity index (χ0n) is 8.66. The molecule has 0 radical (unpaired) electrons. The first-order valence-corrected chi connectivity index (χ1v) is 5.98. The fourth-order valence-electron chi connectivity index (χ4n) is 1.48. The van der Waals surface area contributed by atoms with Crippen LogP contribution in [0.2, 0.25) is 0 Å². The lowest BCUT2D eigenvalue weighted by atomic mass is 10.1. The van der Waals surface area contributed by atoms with Gasteiger partial charge in [-0.15, -0.1) is 11.6 Å². The lowest BCUT2D eigenvalue weighted by Gasteiger charge is -2.00. The number of Topliss-reactive ketones (excluding diaryl/α,β-unsaturated/α-hetero) is 1. The van der Waals surface area contributed by atoms with Crippen LogP contribution in [0, 0.1) is 0 Å². The van der Waals surface area contributed by atoms with E-state index in [0.717, 1.165) is 11.3 Å². The van der Waals surface area contributed by atoms with Crippen molar-refractivity contribution < 1.29 is 9.59 Å². The van der Waals surface area contributed by atoms with Crippen molar-refractivity contribution >= 4 is 57.7 Å². The number of alkyl halides is 1. The number of thiocarbonyl (C=S) groups is 2. The van der Waals surface area contributed by atoms with Gasteiger partial charge in [0, 0.05) is 15.6 Å². The molecular formula is C11H8ClNO2S2. The maximum absolute atomic E-state index is 11.3. The summed E-state index contributed by atoms with van der Waals surface area (Å²) in [6.07, 6.45) is 0.346. The molecule has 3 nitrogen and oxygen atoms in total. The van der Waals surface area contributed by atoms with Crippen molar-refractivity contribution in [3.8, 4) is 0 Å². The van der Waals surface area contributed by atoms with Gasteiger partial charge in [0.2, 0.25) is 5.91 Å². The molecule has 17 heavy (non-hydrogen) atoms. The molecule has 1 aromatic rings. The number of nitrogens with one attached hydrogen (secondary N) is 1. The van der Waals surface area contributed by atoms with Gasteiger partial charge >= 0.3 is 0 Å². The minimum atomic E-state index is -0.117. The standard InChI is InChI=1S/C10H8ClNO2.CS2/c11-5-9(13)6-1-2-8-7(3-6)4-10(14)12-8;2-1-3/h1-3H,4-5H2,(H,12,14);. The van der Waals surface area contributed by atoms with Gasteiger partial charge in [-0.3, -0.25) is 9.59 Å². The van der Waals surface area contributed by atoms with E-state index in [1.807, 2.05) is 4.31 Å². The van der Waals surface area contributed by atoms with Gasteiger partial charge in [-0.05, 0) is 48.2 Å². The van der Waals surface area contributed by atoms with Crippen molar-refractivity contribution in [3.05, 3.63) is 29.3 Å². The smallest absolute Gasteiger partial charge is 0.228 e. The molecule has 0 spiro atoms. The van der Waals surface area contributed by atoms with E-state index in [0.29, 0.717) is 12.0 Å². The fraction of sp³-hybridized carbons (Fsp3) is 0.182. The quantitative estimate of drug-likeness (QED) is 0.515. The highest BCUT2D eigenvalue weighted by Gasteiger charge is 2.18. The summed E-state index contributed by atoms with van der Waals surface area (Å²) < 4.78 is 1.92. The van der Waals surface area contributed by atoms with E-state index in [2.05, 4.69) is 29.8 Å². The zero-order valence-corrected chi connectivity index (χ0v) is 11.0. The predicted octanol–water partition coefficient (Wildman–Crippen LogP) is 2.62. The van der Waals surface area contributed by atoms with Crippen LogP contribution in [0.3, 0.4) is 0 Å². The molecule has 1 aliphatic rings. The average Bonchev–Trinajstić information content (AvgIpc) is 2.68. The van der Waals surface area contributed by atoms with E-state index in [1.54, 1.807) is 18.2 Å². The van der Waals surface area contributed by atoms with Crippen LogP contribution >= 0.6 is 36.0 Å². The van der Waals surface area contributed by atoms with Gasteiger partial charge in [-0.1, -0.05) is 0 Å². The molecule has 0 bridgehead atoms. The molecule has 88 valence electrons. The molecule has 1 aromatic carbocycles. The molecular weight excluding hydrogens is 278 g/mol. The summed E-state index contributed by atoms with van der Waals surface area (Å²) in [5, 5.41) is 2.70. The van der Waals surface area contributed by atoms with E-state index >= 15 is 0 Å². The Balaban J connectivity index is 0.000000437. The van der Waals surface area contributed by atoms with Gasteiger partial charge < -0.3 is 5.32 Å². The molecule has 1 N–H and O–H groups in total. The third-order valence-electron chi connectivity index (χ3n) is 2.17. The fourth-order valence-corrected chi connectivity index (χ4v) is 1.63. The molecule has 0 unspecified atom stereocenters. The van der Waals surface area contributed by atoms with Crippen molar-refractivity contribution in [2.75, 3.05) is 11.2 Å². The van der Waals surface area contributed by atoms with Crippen LogP contribution in [0.5, 0.6) is 0 Å². The van der Waals surface area contributed by atoms with Crippen LogP contribution in [-0.4, -0.2) is 21.9 Å². The highest BCUT2D eigenvalue weighted by molar-refractivity contribution is 7.93. The molecule has 0 atom stereocenters. The number of anilines is 1. The molecule has 6 heteroatoms. The number of carbonyl (C=O) groups is 2. The van der Waals surface area contributed by atoms with Crippen molar-refractivity contribution in [1.29, 1.82) is 0 Å². The molecule has 0 fully saturated rings. The maximum Gasteiger partial charge on any atom is 0.228 e. The van der Waals surface area contributed by atoms with Crippen molar-refractivity contribution in [2.24, 2.45) is 0 Å². The summed E-state index contributed by atoms with van der Waals surface area (Å²) in [6, 6.07) is 5.13. The van der Waals surface area contributed by atoms with Gasteiger partial charge in [0.25, 0.3) is 0 Å². The van der Waals surface area contributed by atoms with Gasteiger partial charge in [0.05, 0.1) is 12.3 Å². The Morgan fingerprint density at radius 2 is 2.12 bits per heavy atom. The Bertz CT molecular complexity index is 496. The second-order valence-electron chi connectivity index (χ2n) is 3.24. The number of rotatable bonds is 2. The van der Waals surface area contributed by atoms with Crippen LogP contribution in [0.15, 0.2) is 18.2 Å². The van der Waals surface area contributed by atoms with Crippen molar-refractivity contribution in [3.63, 3.8) is 0 Å². The third kappa shape index (κ3) is 3.68. The summed E-state index contributed by atoms with van der Waals surface area (Å²) in [4.78, 5) is 22.3.